The van der Waals surface area contributed by atoms with Gasteiger partial charge in [-0.05, 0) is 26.0 Å². The summed E-state index contributed by atoms with van der Waals surface area (Å²) in [4.78, 5) is 16.4. The van der Waals surface area contributed by atoms with Crippen molar-refractivity contribution in [1.29, 1.82) is 5.26 Å². The number of ether oxygens (including phenoxy) is 2. The normalized spacial score (nSPS) is 10.2. The largest absolute Gasteiger partial charge is 0.480 e. The highest BCUT2D eigenvalue weighted by molar-refractivity contribution is 6.00. The van der Waals surface area contributed by atoms with Crippen LogP contribution >= 0.6 is 0 Å². The van der Waals surface area contributed by atoms with E-state index in [-0.39, 0.29) is 40.4 Å². The highest BCUT2D eigenvalue weighted by atomic mass is 19.1. The number of halogens is 2. The maximum absolute atomic E-state index is 14.3. The zero-order chi connectivity index (χ0) is 17.9. The number of aryl methyl sites for hydroxylation is 1. The van der Waals surface area contributed by atoms with E-state index in [4.69, 9.17) is 9.47 Å². The number of nitrogens with zero attached hydrogens (tertiary/aromatic N) is 2. The fourth-order valence-corrected chi connectivity index (χ4v) is 2.34. The predicted molar refractivity (Wildman–Crippen MR) is 81.5 cm³/mol. The molecule has 0 fully saturated rings. The van der Waals surface area contributed by atoms with Gasteiger partial charge in [0.2, 0.25) is 5.88 Å². The summed E-state index contributed by atoms with van der Waals surface area (Å²) in [5.74, 6) is -2.49. The molecule has 1 aromatic carbocycles. The van der Waals surface area contributed by atoms with Gasteiger partial charge in [-0.15, -0.1) is 0 Å². The third-order valence-corrected chi connectivity index (χ3v) is 3.33. The lowest BCUT2D eigenvalue weighted by atomic mass is 9.94. The number of rotatable bonds is 4. The molecule has 5 nitrogen and oxygen atoms in total. The SMILES string of the molecule is CCOC(=O)c1c(C)nc(OC)c(C#N)c1-c1ccc(F)cc1F. The summed E-state index contributed by atoms with van der Waals surface area (Å²) in [7, 11) is 1.30. The van der Waals surface area contributed by atoms with Crippen LogP contribution in [0.1, 0.15) is 28.5 Å². The third kappa shape index (κ3) is 3.04. The summed E-state index contributed by atoms with van der Waals surface area (Å²) in [5, 5.41) is 9.45. The van der Waals surface area contributed by atoms with Crippen LogP contribution in [0, 0.1) is 29.9 Å². The summed E-state index contributed by atoms with van der Waals surface area (Å²) in [5.41, 5.74) is -0.114. The van der Waals surface area contributed by atoms with Crippen LogP contribution in [-0.4, -0.2) is 24.7 Å². The number of benzene rings is 1. The molecule has 0 N–H and O–H groups in total. The smallest absolute Gasteiger partial charge is 0.340 e. The first-order valence-corrected chi connectivity index (χ1v) is 7.05. The van der Waals surface area contributed by atoms with E-state index in [2.05, 4.69) is 4.98 Å². The van der Waals surface area contributed by atoms with Crippen molar-refractivity contribution in [3.63, 3.8) is 0 Å². The number of esters is 1. The fraction of sp³-hybridized carbons (Fsp3) is 0.235. The van der Waals surface area contributed by atoms with Crippen molar-refractivity contribution >= 4 is 5.97 Å². The molecule has 0 aliphatic carbocycles. The molecule has 0 aliphatic rings. The Labute approximate surface area is 137 Å². The molecule has 1 heterocycles. The number of methoxy groups -OCH3 is 1. The monoisotopic (exact) mass is 332 g/mol. The van der Waals surface area contributed by atoms with E-state index in [9.17, 15) is 18.8 Å². The minimum absolute atomic E-state index is 0.0298. The minimum Gasteiger partial charge on any atom is -0.480 e. The average molecular weight is 332 g/mol. The molecule has 0 spiro atoms. The van der Waals surface area contributed by atoms with Crippen LogP contribution in [0.3, 0.4) is 0 Å². The average Bonchev–Trinajstić information content (AvgIpc) is 2.54. The van der Waals surface area contributed by atoms with Crippen LogP contribution < -0.4 is 4.74 Å². The Balaban J connectivity index is 2.91. The quantitative estimate of drug-likeness (QED) is 0.803. The molecule has 0 bridgehead atoms. The Morgan fingerprint density at radius 3 is 2.62 bits per heavy atom. The Kier molecular flexibility index (Phi) is 5.09. The van der Waals surface area contributed by atoms with E-state index in [1.54, 1.807) is 6.92 Å². The number of hydrogen-bond donors (Lipinski definition) is 0. The first-order chi connectivity index (χ1) is 11.4. The van der Waals surface area contributed by atoms with E-state index in [1.165, 1.54) is 14.0 Å². The van der Waals surface area contributed by atoms with E-state index in [0.29, 0.717) is 6.07 Å². The lowest BCUT2D eigenvalue weighted by Gasteiger charge is -2.16. The molecule has 0 radical (unpaired) electrons. The third-order valence-electron chi connectivity index (χ3n) is 3.33. The number of pyridine rings is 1. The first kappa shape index (κ1) is 17.3. The molecular formula is C17H14F2N2O3. The molecule has 0 saturated carbocycles. The summed E-state index contributed by atoms with van der Waals surface area (Å²) in [6.45, 7) is 3.23. The van der Waals surface area contributed by atoms with E-state index >= 15 is 0 Å². The van der Waals surface area contributed by atoms with Crippen LogP contribution in [0.25, 0.3) is 11.1 Å². The molecule has 1 aromatic heterocycles. The highest BCUT2D eigenvalue weighted by Crippen LogP contribution is 2.36. The summed E-state index contributed by atoms with van der Waals surface area (Å²) < 4.78 is 37.5. The molecule has 0 atom stereocenters. The number of hydrogen-bond acceptors (Lipinski definition) is 5. The van der Waals surface area contributed by atoms with Crippen molar-refractivity contribution in [2.45, 2.75) is 13.8 Å². The van der Waals surface area contributed by atoms with Gasteiger partial charge in [-0.3, -0.25) is 0 Å². The number of nitriles is 1. The number of carbonyl (C=O) groups is 1. The van der Waals surface area contributed by atoms with Gasteiger partial charge in [0, 0.05) is 17.2 Å². The molecular weight excluding hydrogens is 318 g/mol. The van der Waals surface area contributed by atoms with Gasteiger partial charge in [-0.2, -0.15) is 5.26 Å². The number of carbonyl (C=O) groups excluding carboxylic acids is 1. The Bertz CT molecular complexity index is 845. The molecule has 0 aliphatic heterocycles. The van der Waals surface area contributed by atoms with Crippen LogP contribution in [0.2, 0.25) is 0 Å². The molecule has 2 rings (SSSR count). The zero-order valence-electron chi connectivity index (χ0n) is 13.3. The van der Waals surface area contributed by atoms with Crippen molar-refractivity contribution in [3.05, 3.63) is 46.7 Å². The van der Waals surface area contributed by atoms with Crippen LogP contribution in [0.4, 0.5) is 8.78 Å². The van der Waals surface area contributed by atoms with Gasteiger partial charge >= 0.3 is 5.97 Å². The predicted octanol–water partition coefficient (Wildman–Crippen LogP) is 3.39. The summed E-state index contributed by atoms with van der Waals surface area (Å²) >= 11 is 0. The van der Waals surface area contributed by atoms with Gasteiger partial charge in [0.05, 0.1) is 25.0 Å². The van der Waals surface area contributed by atoms with Crippen LogP contribution in [0.5, 0.6) is 5.88 Å². The second-order valence-corrected chi connectivity index (χ2v) is 4.79. The highest BCUT2D eigenvalue weighted by Gasteiger charge is 2.27. The van der Waals surface area contributed by atoms with Gasteiger partial charge in [0.25, 0.3) is 0 Å². The summed E-state index contributed by atoms with van der Waals surface area (Å²) in [6.07, 6.45) is 0. The lowest BCUT2D eigenvalue weighted by molar-refractivity contribution is 0.0525. The Morgan fingerprint density at radius 1 is 1.38 bits per heavy atom. The molecule has 0 unspecified atom stereocenters. The number of aromatic nitrogens is 1. The van der Waals surface area contributed by atoms with Gasteiger partial charge in [0.1, 0.15) is 23.3 Å². The Hall–Kier alpha value is -3.01. The molecule has 7 heteroatoms. The summed E-state index contributed by atoms with van der Waals surface area (Å²) in [6, 6.07) is 4.73. The molecule has 0 amide bonds. The maximum Gasteiger partial charge on any atom is 0.340 e. The standard InChI is InChI=1S/C17H14F2N2O3/c1-4-24-17(22)14-9(2)21-16(23-3)12(8-20)15(14)11-6-5-10(18)7-13(11)19/h5-7H,4H2,1-3H3. The van der Waals surface area contributed by atoms with Crippen LogP contribution in [0.15, 0.2) is 18.2 Å². The van der Waals surface area contributed by atoms with Crippen molar-refractivity contribution in [1.82, 2.24) is 4.98 Å². The molecule has 124 valence electrons. The van der Waals surface area contributed by atoms with Gasteiger partial charge < -0.3 is 9.47 Å². The van der Waals surface area contributed by atoms with Gasteiger partial charge in [0.15, 0.2) is 0 Å². The van der Waals surface area contributed by atoms with Crippen molar-refractivity contribution in [2.24, 2.45) is 0 Å². The van der Waals surface area contributed by atoms with Gasteiger partial charge in [-0.25, -0.2) is 18.6 Å². The second kappa shape index (κ2) is 7.04. The van der Waals surface area contributed by atoms with E-state index in [0.717, 1.165) is 12.1 Å². The topological polar surface area (TPSA) is 72.2 Å². The van der Waals surface area contributed by atoms with Crippen molar-refractivity contribution < 1.29 is 23.0 Å². The van der Waals surface area contributed by atoms with Gasteiger partial charge in [-0.1, -0.05) is 0 Å². The zero-order valence-corrected chi connectivity index (χ0v) is 13.3. The van der Waals surface area contributed by atoms with Crippen LogP contribution in [-0.2, 0) is 4.74 Å². The second-order valence-electron chi connectivity index (χ2n) is 4.79. The lowest BCUT2D eigenvalue weighted by Crippen LogP contribution is -2.13. The van der Waals surface area contributed by atoms with E-state index in [1.807, 2.05) is 6.07 Å². The first-order valence-electron chi connectivity index (χ1n) is 7.05. The van der Waals surface area contributed by atoms with Crippen molar-refractivity contribution in [3.8, 4) is 23.1 Å². The minimum atomic E-state index is -0.912. The van der Waals surface area contributed by atoms with Crippen molar-refractivity contribution in [2.75, 3.05) is 13.7 Å². The molecule has 0 saturated heterocycles. The van der Waals surface area contributed by atoms with E-state index < -0.39 is 17.6 Å². The molecule has 2 aromatic rings. The fourth-order valence-electron chi connectivity index (χ4n) is 2.34. The maximum atomic E-state index is 14.3. The molecule has 24 heavy (non-hydrogen) atoms. The Morgan fingerprint density at radius 2 is 2.08 bits per heavy atom.